The van der Waals surface area contributed by atoms with E-state index in [0.29, 0.717) is 19.4 Å². The third kappa shape index (κ3) is 5.19. The van der Waals surface area contributed by atoms with Gasteiger partial charge < -0.3 is 9.84 Å². The highest BCUT2D eigenvalue weighted by molar-refractivity contribution is 5.92. The number of aliphatic hydroxyl groups excluding tert-OH is 1. The van der Waals surface area contributed by atoms with E-state index in [-0.39, 0.29) is 18.9 Å². The Morgan fingerprint density at radius 1 is 1.33 bits per heavy atom. The molecule has 2 amide bonds. The van der Waals surface area contributed by atoms with E-state index in [2.05, 4.69) is 0 Å². The summed E-state index contributed by atoms with van der Waals surface area (Å²) < 4.78 is 4.70. The SMILES string of the molecule is CC.O=C(CCCC(O)c1ccccc1)N1CCOC1=O. The van der Waals surface area contributed by atoms with Gasteiger partial charge >= 0.3 is 6.09 Å². The molecule has 1 aliphatic heterocycles. The summed E-state index contributed by atoms with van der Waals surface area (Å²) in [4.78, 5) is 24.0. The first-order valence-electron chi connectivity index (χ1n) is 7.38. The minimum atomic E-state index is -0.570. The summed E-state index contributed by atoms with van der Waals surface area (Å²) in [5.41, 5.74) is 0.843. The number of nitrogens with zero attached hydrogens (tertiary/aromatic N) is 1. The maximum Gasteiger partial charge on any atom is 0.416 e. The van der Waals surface area contributed by atoms with Crippen LogP contribution in [0.15, 0.2) is 30.3 Å². The number of imide groups is 1. The van der Waals surface area contributed by atoms with Gasteiger partial charge in [-0.1, -0.05) is 44.2 Å². The third-order valence-corrected chi connectivity index (χ3v) is 3.11. The van der Waals surface area contributed by atoms with Crippen molar-refractivity contribution in [1.82, 2.24) is 4.90 Å². The lowest BCUT2D eigenvalue weighted by Crippen LogP contribution is -2.31. The van der Waals surface area contributed by atoms with Crippen molar-refractivity contribution in [2.75, 3.05) is 13.2 Å². The Balaban J connectivity index is 0.00000106. The lowest BCUT2D eigenvalue weighted by molar-refractivity contribution is -0.127. The van der Waals surface area contributed by atoms with Gasteiger partial charge in [-0.05, 0) is 18.4 Å². The molecule has 2 rings (SSSR count). The summed E-state index contributed by atoms with van der Waals surface area (Å²) in [6, 6.07) is 9.32. The topological polar surface area (TPSA) is 66.8 Å². The first kappa shape index (κ1) is 17.2. The predicted molar refractivity (Wildman–Crippen MR) is 79.7 cm³/mol. The molecule has 0 spiro atoms. The second-order valence-electron chi connectivity index (χ2n) is 4.48. The van der Waals surface area contributed by atoms with Crippen molar-refractivity contribution >= 4 is 12.0 Å². The van der Waals surface area contributed by atoms with Gasteiger partial charge in [0.2, 0.25) is 5.91 Å². The van der Waals surface area contributed by atoms with E-state index < -0.39 is 12.2 Å². The van der Waals surface area contributed by atoms with Crippen LogP contribution in [0.2, 0.25) is 0 Å². The molecule has 1 aromatic rings. The van der Waals surface area contributed by atoms with Crippen LogP contribution in [0.1, 0.15) is 44.8 Å². The zero-order valence-electron chi connectivity index (χ0n) is 12.6. The highest BCUT2D eigenvalue weighted by Gasteiger charge is 2.27. The number of cyclic esters (lactones) is 1. The Labute approximate surface area is 125 Å². The number of amides is 2. The van der Waals surface area contributed by atoms with Gasteiger partial charge in [0, 0.05) is 6.42 Å². The highest BCUT2D eigenvalue weighted by Crippen LogP contribution is 2.19. The number of hydrogen-bond acceptors (Lipinski definition) is 4. The van der Waals surface area contributed by atoms with Crippen LogP contribution in [0, 0.1) is 0 Å². The van der Waals surface area contributed by atoms with Gasteiger partial charge in [0.15, 0.2) is 0 Å². The predicted octanol–water partition coefficient (Wildman–Crippen LogP) is 2.90. The molecule has 0 aliphatic carbocycles. The van der Waals surface area contributed by atoms with Crippen LogP contribution in [-0.4, -0.2) is 35.2 Å². The van der Waals surface area contributed by atoms with Crippen molar-refractivity contribution in [2.45, 2.75) is 39.2 Å². The summed E-state index contributed by atoms with van der Waals surface area (Å²) in [6.45, 7) is 4.61. The number of carbonyl (C=O) groups excluding carboxylic acids is 2. The number of hydrogen-bond donors (Lipinski definition) is 1. The van der Waals surface area contributed by atoms with Gasteiger partial charge in [-0.2, -0.15) is 0 Å². The van der Waals surface area contributed by atoms with Crippen molar-refractivity contribution in [3.05, 3.63) is 35.9 Å². The van der Waals surface area contributed by atoms with Crippen LogP contribution in [0.3, 0.4) is 0 Å². The van der Waals surface area contributed by atoms with Gasteiger partial charge in [-0.3, -0.25) is 4.79 Å². The van der Waals surface area contributed by atoms with Gasteiger partial charge in [-0.15, -0.1) is 0 Å². The maximum atomic E-state index is 11.7. The van der Waals surface area contributed by atoms with Crippen molar-refractivity contribution in [2.24, 2.45) is 0 Å². The zero-order valence-corrected chi connectivity index (χ0v) is 12.6. The highest BCUT2D eigenvalue weighted by atomic mass is 16.6. The van der Waals surface area contributed by atoms with Crippen molar-refractivity contribution < 1.29 is 19.4 Å². The summed E-state index contributed by atoms with van der Waals surface area (Å²) in [5.74, 6) is -0.234. The van der Waals surface area contributed by atoms with E-state index in [0.717, 1.165) is 10.5 Å². The van der Waals surface area contributed by atoms with Crippen LogP contribution in [0.4, 0.5) is 4.79 Å². The quantitative estimate of drug-likeness (QED) is 0.906. The van der Waals surface area contributed by atoms with Crippen LogP contribution < -0.4 is 0 Å². The number of ether oxygens (including phenoxy) is 1. The monoisotopic (exact) mass is 293 g/mol. The van der Waals surface area contributed by atoms with Crippen LogP contribution in [-0.2, 0) is 9.53 Å². The van der Waals surface area contributed by atoms with E-state index in [4.69, 9.17) is 4.74 Å². The molecule has 1 N–H and O–H groups in total. The standard InChI is InChI=1S/C14H17NO4.C2H6/c16-12(11-5-2-1-3-6-11)7-4-8-13(17)15-9-10-19-14(15)18;1-2/h1-3,5-6,12,16H,4,7-10H2;1-2H3. The number of benzene rings is 1. The van der Waals surface area contributed by atoms with E-state index in [1.165, 1.54) is 0 Å². The van der Waals surface area contributed by atoms with E-state index in [1.54, 1.807) is 0 Å². The van der Waals surface area contributed by atoms with Gasteiger partial charge in [-0.25, -0.2) is 9.69 Å². The molecule has 0 bridgehead atoms. The molecule has 5 heteroatoms. The number of carbonyl (C=O) groups is 2. The minimum Gasteiger partial charge on any atom is -0.447 e. The van der Waals surface area contributed by atoms with Crippen LogP contribution in [0.25, 0.3) is 0 Å². The summed E-state index contributed by atoms with van der Waals surface area (Å²) in [7, 11) is 0. The summed E-state index contributed by atoms with van der Waals surface area (Å²) in [5, 5.41) is 9.93. The molecule has 1 saturated heterocycles. The Morgan fingerprint density at radius 3 is 2.57 bits per heavy atom. The fourth-order valence-corrected chi connectivity index (χ4v) is 2.04. The molecule has 1 atom stereocenters. The molecule has 1 aliphatic rings. The second-order valence-corrected chi connectivity index (χ2v) is 4.48. The molecular formula is C16H23NO4. The Kier molecular flexibility index (Phi) is 7.46. The molecule has 21 heavy (non-hydrogen) atoms. The molecule has 0 aromatic heterocycles. The fourth-order valence-electron chi connectivity index (χ4n) is 2.04. The van der Waals surface area contributed by atoms with Gasteiger partial charge in [0.1, 0.15) is 6.61 Å². The van der Waals surface area contributed by atoms with E-state index in [1.807, 2.05) is 44.2 Å². The second kappa shape index (κ2) is 9.13. The van der Waals surface area contributed by atoms with E-state index >= 15 is 0 Å². The van der Waals surface area contributed by atoms with E-state index in [9.17, 15) is 14.7 Å². The summed E-state index contributed by atoms with van der Waals surface area (Å²) >= 11 is 0. The molecule has 1 aromatic carbocycles. The Hall–Kier alpha value is -1.88. The largest absolute Gasteiger partial charge is 0.447 e. The van der Waals surface area contributed by atoms with Crippen molar-refractivity contribution in [3.63, 3.8) is 0 Å². The normalized spacial score (nSPS) is 15.0. The first-order chi connectivity index (χ1) is 10.2. The first-order valence-corrected chi connectivity index (χ1v) is 7.38. The lowest BCUT2D eigenvalue weighted by Gasteiger charge is -2.12. The molecule has 1 unspecified atom stereocenters. The Bertz CT molecular complexity index is 447. The average molecular weight is 293 g/mol. The van der Waals surface area contributed by atoms with Crippen LogP contribution >= 0.6 is 0 Å². The molecule has 1 heterocycles. The lowest BCUT2D eigenvalue weighted by atomic mass is 10.0. The molecule has 0 radical (unpaired) electrons. The number of rotatable bonds is 5. The van der Waals surface area contributed by atoms with Crippen molar-refractivity contribution in [1.29, 1.82) is 0 Å². The molecule has 5 nitrogen and oxygen atoms in total. The molecule has 116 valence electrons. The molecule has 0 saturated carbocycles. The maximum absolute atomic E-state index is 11.7. The van der Waals surface area contributed by atoms with Crippen LogP contribution in [0.5, 0.6) is 0 Å². The molecule has 1 fully saturated rings. The van der Waals surface area contributed by atoms with Gasteiger partial charge in [0.25, 0.3) is 0 Å². The smallest absolute Gasteiger partial charge is 0.416 e. The summed E-state index contributed by atoms with van der Waals surface area (Å²) in [6.07, 6.45) is 0.157. The fraction of sp³-hybridized carbons (Fsp3) is 0.500. The number of aliphatic hydroxyl groups is 1. The van der Waals surface area contributed by atoms with Gasteiger partial charge in [0.05, 0.1) is 12.6 Å². The average Bonchev–Trinajstić information content (AvgIpc) is 2.96. The van der Waals surface area contributed by atoms with Crippen molar-refractivity contribution in [3.8, 4) is 0 Å². The molecular weight excluding hydrogens is 270 g/mol. The third-order valence-electron chi connectivity index (χ3n) is 3.11. The minimum absolute atomic E-state index is 0.234. The Morgan fingerprint density at radius 2 is 2.00 bits per heavy atom. The zero-order chi connectivity index (χ0) is 15.7.